The third-order valence-electron chi connectivity index (χ3n) is 1.17. The fourth-order valence-corrected chi connectivity index (χ4v) is 2.00. The van der Waals surface area contributed by atoms with Crippen LogP contribution in [0.5, 0.6) is 0 Å². The van der Waals surface area contributed by atoms with Crippen LogP contribution in [-0.2, 0) is 0 Å². The van der Waals surface area contributed by atoms with Crippen molar-refractivity contribution in [1.82, 2.24) is 0 Å². The Morgan fingerprint density at radius 2 is 2.00 bits per heavy atom. The van der Waals surface area contributed by atoms with E-state index < -0.39 is 0 Å². The maximum Gasteiger partial charge on any atom is -0.147 e. The Bertz CT molecular complexity index is 153. The van der Waals surface area contributed by atoms with Crippen molar-refractivity contribution in [2.24, 2.45) is 15.9 Å². The Balaban J connectivity index is 0. The topological polar surface area (TPSA) is 24.7 Å². The van der Waals surface area contributed by atoms with Gasteiger partial charge in [-0.05, 0) is 0 Å². The molecule has 2 unspecified atom stereocenters. The number of aliphatic imine (C=N–C) groups is 2. The first kappa shape index (κ1) is 14.7. The molecule has 0 aromatic rings. The predicted molar refractivity (Wildman–Crippen MR) is 59.4 cm³/mol. The Morgan fingerprint density at radius 1 is 1.42 bits per heavy atom. The molecule has 0 bridgehead atoms. The van der Waals surface area contributed by atoms with Gasteiger partial charge in [-0.1, -0.05) is 0 Å². The molecule has 0 aromatic carbocycles. The van der Waals surface area contributed by atoms with E-state index in [0.717, 1.165) is 18.9 Å². The molecular weight excluding hydrogens is 234 g/mol. The minimum Gasteiger partial charge on any atom is -0.147 e. The van der Waals surface area contributed by atoms with E-state index in [1.54, 1.807) is 16.9 Å². The zero-order chi connectivity index (χ0) is 8.69. The number of hydrogen-bond acceptors (Lipinski definition) is 2. The third-order valence-corrected chi connectivity index (χ3v) is 2.05. The molecule has 0 aromatic heterocycles. The van der Waals surface area contributed by atoms with Crippen LogP contribution in [0.2, 0.25) is 0 Å². The summed E-state index contributed by atoms with van der Waals surface area (Å²) in [5.74, 6) is 0.721. The summed E-state index contributed by atoms with van der Waals surface area (Å²) in [5.41, 5.74) is 0. The van der Waals surface area contributed by atoms with Crippen molar-refractivity contribution in [2.45, 2.75) is 32.0 Å². The van der Waals surface area contributed by atoms with Crippen LogP contribution in [0.15, 0.2) is 9.98 Å². The average Bonchev–Trinajstić information content (AvgIpc) is 1.86. The maximum atomic E-state index is 4.17. The van der Waals surface area contributed by atoms with Crippen molar-refractivity contribution >= 4 is 35.3 Å². The molecular formula is C8H18AsClN2. The fourth-order valence-electron chi connectivity index (χ4n) is 0.721. The van der Waals surface area contributed by atoms with Gasteiger partial charge in [0.1, 0.15) is 0 Å². The zero-order valence-corrected chi connectivity index (χ0v) is 11.2. The van der Waals surface area contributed by atoms with E-state index in [9.17, 15) is 0 Å². The van der Waals surface area contributed by atoms with E-state index in [-0.39, 0.29) is 12.4 Å². The van der Waals surface area contributed by atoms with Crippen LogP contribution < -0.4 is 0 Å². The van der Waals surface area contributed by atoms with Crippen LogP contribution in [0.1, 0.15) is 27.2 Å². The Labute approximate surface area is 89.9 Å². The third kappa shape index (κ3) is 10.2. The number of nitrogens with zero attached hydrogens (tertiary/aromatic N) is 2. The Hall–Kier alpha value is 0.228. The molecule has 2 nitrogen and oxygen atoms in total. The van der Waals surface area contributed by atoms with Gasteiger partial charge in [0.25, 0.3) is 0 Å². The first-order chi connectivity index (χ1) is 5.16. The van der Waals surface area contributed by atoms with Gasteiger partial charge >= 0.3 is 77.3 Å². The van der Waals surface area contributed by atoms with Gasteiger partial charge in [-0.2, -0.15) is 0 Å². The van der Waals surface area contributed by atoms with E-state index in [0.29, 0.717) is 4.83 Å². The molecule has 0 aliphatic heterocycles. The molecule has 0 amide bonds. The van der Waals surface area contributed by atoms with Crippen LogP contribution in [-0.4, -0.2) is 34.2 Å². The largest absolute Gasteiger partial charge is 0.147 e. The van der Waals surface area contributed by atoms with Crippen molar-refractivity contribution in [3.8, 4) is 0 Å². The molecule has 0 rings (SSSR count). The van der Waals surface area contributed by atoms with Gasteiger partial charge in [0.2, 0.25) is 0 Å². The first-order valence-corrected chi connectivity index (χ1v) is 5.43. The monoisotopic (exact) mass is 252 g/mol. The van der Waals surface area contributed by atoms with Crippen molar-refractivity contribution in [3.05, 3.63) is 0 Å². The summed E-state index contributed by atoms with van der Waals surface area (Å²) in [6.07, 6.45) is 1.15. The van der Waals surface area contributed by atoms with E-state index >= 15 is 0 Å². The molecule has 0 aliphatic carbocycles. The van der Waals surface area contributed by atoms with Crippen molar-refractivity contribution in [2.75, 3.05) is 6.54 Å². The van der Waals surface area contributed by atoms with Gasteiger partial charge < -0.3 is 0 Å². The number of hydrogen-bond donors (Lipinski definition) is 0. The summed E-state index contributed by atoms with van der Waals surface area (Å²) in [5, 5.41) is 0. The number of halogens is 1. The maximum absolute atomic E-state index is 4.17. The molecule has 0 radical (unpaired) electrons. The van der Waals surface area contributed by atoms with Crippen LogP contribution >= 0.6 is 12.4 Å². The van der Waals surface area contributed by atoms with Crippen LogP contribution in [0.3, 0.4) is 0 Å². The van der Waals surface area contributed by atoms with Gasteiger partial charge in [-0.25, -0.2) is 0 Å². The van der Waals surface area contributed by atoms with Gasteiger partial charge in [0.05, 0.1) is 0 Å². The Kier molecular flexibility index (Phi) is 11.4. The predicted octanol–water partition coefficient (Wildman–Crippen LogP) is 1.61. The fraction of sp³-hybridized carbons (Fsp3) is 0.875. The summed E-state index contributed by atoms with van der Waals surface area (Å²) >= 11 is 1.65. The zero-order valence-electron chi connectivity index (χ0n) is 7.95. The van der Waals surface area contributed by atoms with Crippen molar-refractivity contribution < 1.29 is 0 Å². The molecule has 0 N–H and O–H groups in total. The molecule has 0 saturated carbocycles. The SMILES string of the molecule is CCN=C=NC([AsH2])CC(C)C.Cl. The first-order valence-electron chi connectivity index (χ1n) is 4.03. The second kappa shape index (κ2) is 9.32. The molecule has 0 spiro atoms. The second-order valence-electron chi connectivity index (χ2n) is 2.90. The number of rotatable bonds is 4. The van der Waals surface area contributed by atoms with Gasteiger partial charge in [-0.15, -0.1) is 12.4 Å². The van der Waals surface area contributed by atoms with Gasteiger partial charge in [0.15, 0.2) is 0 Å². The molecule has 12 heavy (non-hydrogen) atoms. The summed E-state index contributed by atoms with van der Waals surface area (Å²) in [7, 11) is 0. The minimum absolute atomic E-state index is 0. The van der Waals surface area contributed by atoms with Crippen LogP contribution in [0.25, 0.3) is 0 Å². The van der Waals surface area contributed by atoms with E-state index in [1.165, 1.54) is 0 Å². The second-order valence-corrected chi connectivity index (χ2v) is 4.51. The van der Waals surface area contributed by atoms with E-state index in [1.807, 2.05) is 6.92 Å². The molecule has 0 saturated heterocycles. The molecule has 2 atom stereocenters. The van der Waals surface area contributed by atoms with E-state index in [2.05, 4.69) is 29.8 Å². The summed E-state index contributed by atoms with van der Waals surface area (Å²) < 4.78 is 0. The van der Waals surface area contributed by atoms with Crippen molar-refractivity contribution in [3.63, 3.8) is 0 Å². The van der Waals surface area contributed by atoms with Crippen LogP contribution in [0.4, 0.5) is 0 Å². The molecule has 4 heteroatoms. The van der Waals surface area contributed by atoms with Gasteiger partial charge in [0, 0.05) is 0 Å². The summed E-state index contributed by atoms with van der Waals surface area (Å²) in [4.78, 5) is 8.51. The smallest absolute Gasteiger partial charge is 0.147 e. The standard InChI is InChI=1S/C8H17AsN2.ClH/c1-4-10-6-11-8(9)5-7(2)3;/h7-8H,4-5,9H2,1-3H3;1H. The minimum atomic E-state index is 0. The molecule has 0 aliphatic rings. The molecule has 0 heterocycles. The quantitative estimate of drug-likeness (QED) is 0.536. The molecule has 0 fully saturated rings. The van der Waals surface area contributed by atoms with Crippen molar-refractivity contribution in [1.29, 1.82) is 0 Å². The van der Waals surface area contributed by atoms with E-state index in [4.69, 9.17) is 0 Å². The summed E-state index contributed by atoms with van der Waals surface area (Å²) in [6.45, 7) is 7.18. The molecule has 72 valence electrons. The Morgan fingerprint density at radius 3 is 2.42 bits per heavy atom. The average molecular weight is 253 g/mol. The normalized spacial score (nSPS) is 11.4. The van der Waals surface area contributed by atoms with Crippen LogP contribution in [0, 0.1) is 5.92 Å². The summed E-state index contributed by atoms with van der Waals surface area (Å²) in [6, 6.07) is 2.71. The van der Waals surface area contributed by atoms with Gasteiger partial charge in [-0.3, -0.25) is 0 Å².